The standard InChI is InChI=1S/C17H28N2O/c1-3-19(13-17-5-4-12-20-17)11-10-14(2)15-6-8-16(18)9-7-15/h6-9,14,17H,3-5,10-13,18H2,1-2H3. The van der Waals surface area contributed by atoms with Gasteiger partial charge < -0.3 is 15.4 Å². The molecule has 0 saturated carbocycles. The minimum absolute atomic E-state index is 0.460. The number of hydrogen-bond donors (Lipinski definition) is 1. The Balaban J connectivity index is 1.78. The zero-order chi connectivity index (χ0) is 14.4. The number of nitrogen functional groups attached to an aromatic ring is 1. The van der Waals surface area contributed by atoms with Crippen LogP contribution in [0.2, 0.25) is 0 Å². The molecule has 1 aromatic rings. The van der Waals surface area contributed by atoms with Crippen molar-refractivity contribution >= 4 is 5.69 Å². The lowest BCUT2D eigenvalue weighted by Gasteiger charge is -2.25. The maximum absolute atomic E-state index is 5.74. The van der Waals surface area contributed by atoms with E-state index in [1.165, 1.54) is 24.8 Å². The predicted molar refractivity (Wildman–Crippen MR) is 85.0 cm³/mol. The van der Waals surface area contributed by atoms with E-state index in [2.05, 4.69) is 30.9 Å². The normalized spacial score (nSPS) is 20.4. The van der Waals surface area contributed by atoms with Crippen LogP contribution in [0.4, 0.5) is 5.69 Å². The number of rotatable bonds is 7. The number of likely N-dealkylation sites (N-methyl/N-ethyl adjacent to an activating group) is 1. The number of ether oxygens (including phenoxy) is 1. The van der Waals surface area contributed by atoms with Crippen LogP contribution in [0.1, 0.15) is 44.6 Å². The van der Waals surface area contributed by atoms with Gasteiger partial charge in [-0.1, -0.05) is 26.0 Å². The molecule has 0 aliphatic carbocycles. The highest BCUT2D eigenvalue weighted by molar-refractivity contribution is 5.40. The molecule has 0 amide bonds. The third-order valence-corrected chi connectivity index (χ3v) is 4.32. The molecule has 0 spiro atoms. The topological polar surface area (TPSA) is 38.5 Å². The summed E-state index contributed by atoms with van der Waals surface area (Å²) in [4.78, 5) is 2.52. The minimum Gasteiger partial charge on any atom is -0.399 e. The minimum atomic E-state index is 0.460. The SMILES string of the molecule is CCN(CCC(C)c1ccc(N)cc1)CC1CCCO1. The Labute approximate surface area is 123 Å². The average Bonchev–Trinajstić information content (AvgIpc) is 2.96. The van der Waals surface area contributed by atoms with Crippen molar-refractivity contribution in [3.8, 4) is 0 Å². The monoisotopic (exact) mass is 276 g/mol. The Bertz CT molecular complexity index is 384. The van der Waals surface area contributed by atoms with Crippen LogP contribution in [0.5, 0.6) is 0 Å². The zero-order valence-corrected chi connectivity index (χ0v) is 12.8. The molecule has 0 bridgehead atoms. The highest BCUT2D eigenvalue weighted by atomic mass is 16.5. The second-order valence-corrected chi connectivity index (χ2v) is 5.88. The lowest BCUT2D eigenvalue weighted by atomic mass is 9.97. The summed E-state index contributed by atoms with van der Waals surface area (Å²) in [5.41, 5.74) is 7.96. The number of nitrogens with zero attached hydrogens (tertiary/aromatic N) is 1. The lowest BCUT2D eigenvalue weighted by molar-refractivity contribution is 0.0739. The highest BCUT2D eigenvalue weighted by Gasteiger charge is 2.18. The van der Waals surface area contributed by atoms with E-state index in [1.54, 1.807) is 0 Å². The summed E-state index contributed by atoms with van der Waals surface area (Å²) in [6.07, 6.45) is 4.10. The summed E-state index contributed by atoms with van der Waals surface area (Å²) < 4.78 is 5.73. The fourth-order valence-corrected chi connectivity index (χ4v) is 2.82. The van der Waals surface area contributed by atoms with Crippen molar-refractivity contribution in [3.63, 3.8) is 0 Å². The van der Waals surface area contributed by atoms with Crippen molar-refractivity contribution in [2.45, 2.75) is 45.1 Å². The van der Waals surface area contributed by atoms with Gasteiger partial charge in [0.25, 0.3) is 0 Å². The van der Waals surface area contributed by atoms with E-state index < -0.39 is 0 Å². The molecular weight excluding hydrogens is 248 g/mol. The van der Waals surface area contributed by atoms with Crippen LogP contribution in [0.25, 0.3) is 0 Å². The molecule has 1 saturated heterocycles. The average molecular weight is 276 g/mol. The first-order chi connectivity index (χ1) is 9.69. The summed E-state index contributed by atoms with van der Waals surface area (Å²) in [7, 11) is 0. The maximum atomic E-state index is 5.74. The molecule has 2 rings (SSSR count). The van der Waals surface area contributed by atoms with E-state index in [9.17, 15) is 0 Å². The molecule has 2 unspecified atom stereocenters. The van der Waals surface area contributed by atoms with Crippen LogP contribution in [0, 0.1) is 0 Å². The second-order valence-electron chi connectivity index (χ2n) is 5.88. The Morgan fingerprint density at radius 1 is 1.35 bits per heavy atom. The van der Waals surface area contributed by atoms with Gasteiger partial charge in [-0.15, -0.1) is 0 Å². The Morgan fingerprint density at radius 3 is 2.70 bits per heavy atom. The van der Waals surface area contributed by atoms with Gasteiger partial charge in [-0.25, -0.2) is 0 Å². The second kappa shape index (κ2) is 7.65. The van der Waals surface area contributed by atoms with Gasteiger partial charge in [0.15, 0.2) is 0 Å². The molecule has 2 atom stereocenters. The van der Waals surface area contributed by atoms with E-state index in [1.807, 2.05) is 12.1 Å². The summed E-state index contributed by atoms with van der Waals surface area (Å²) in [5, 5.41) is 0. The number of anilines is 1. The first-order valence-electron chi connectivity index (χ1n) is 7.88. The summed E-state index contributed by atoms with van der Waals surface area (Å²) >= 11 is 0. The van der Waals surface area contributed by atoms with Gasteiger partial charge in [0, 0.05) is 18.8 Å². The summed E-state index contributed by atoms with van der Waals surface area (Å²) in [6.45, 7) is 8.82. The molecule has 1 heterocycles. The predicted octanol–water partition coefficient (Wildman–Crippen LogP) is 3.26. The zero-order valence-electron chi connectivity index (χ0n) is 12.8. The molecule has 3 nitrogen and oxygen atoms in total. The third-order valence-electron chi connectivity index (χ3n) is 4.32. The molecule has 1 aliphatic rings. The lowest BCUT2D eigenvalue weighted by Crippen LogP contribution is -2.33. The van der Waals surface area contributed by atoms with E-state index in [0.717, 1.165) is 31.9 Å². The van der Waals surface area contributed by atoms with Gasteiger partial charge in [-0.3, -0.25) is 0 Å². The molecule has 20 heavy (non-hydrogen) atoms. The molecule has 1 aliphatic heterocycles. The van der Waals surface area contributed by atoms with Crippen molar-refractivity contribution in [1.82, 2.24) is 4.90 Å². The highest BCUT2D eigenvalue weighted by Crippen LogP contribution is 2.21. The van der Waals surface area contributed by atoms with Crippen LogP contribution >= 0.6 is 0 Å². The number of benzene rings is 1. The van der Waals surface area contributed by atoms with Gasteiger partial charge in [-0.2, -0.15) is 0 Å². The molecule has 0 radical (unpaired) electrons. The van der Waals surface area contributed by atoms with E-state index in [0.29, 0.717) is 12.0 Å². The Kier molecular flexibility index (Phi) is 5.86. The van der Waals surface area contributed by atoms with Crippen molar-refractivity contribution in [2.24, 2.45) is 0 Å². The summed E-state index contributed by atoms with van der Waals surface area (Å²) in [6, 6.07) is 8.29. The first-order valence-corrected chi connectivity index (χ1v) is 7.88. The molecule has 112 valence electrons. The van der Waals surface area contributed by atoms with E-state index in [-0.39, 0.29) is 0 Å². The van der Waals surface area contributed by atoms with Crippen molar-refractivity contribution < 1.29 is 4.74 Å². The van der Waals surface area contributed by atoms with Crippen LogP contribution in [-0.4, -0.2) is 37.2 Å². The summed E-state index contributed by atoms with van der Waals surface area (Å²) in [5.74, 6) is 0.578. The van der Waals surface area contributed by atoms with Crippen molar-refractivity contribution in [3.05, 3.63) is 29.8 Å². The molecule has 2 N–H and O–H groups in total. The van der Waals surface area contributed by atoms with Crippen LogP contribution < -0.4 is 5.73 Å². The van der Waals surface area contributed by atoms with Gasteiger partial charge in [0.1, 0.15) is 0 Å². The van der Waals surface area contributed by atoms with Gasteiger partial charge in [0.2, 0.25) is 0 Å². The van der Waals surface area contributed by atoms with E-state index >= 15 is 0 Å². The molecular formula is C17H28N2O. The van der Waals surface area contributed by atoms with Gasteiger partial charge in [-0.05, 0) is 56.0 Å². The third kappa shape index (κ3) is 4.50. The van der Waals surface area contributed by atoms with Crippen LogP contribution in [0.3, 0.4) is 0 Å². The smallest absolute Gasteiger partial charge is 0.0702 e. The van der Waals surface area contributed by atoms with Crippen molar-refractivity contribution in [2.75, 3.05) is 32.0 Å². The maximum Gasteiger partial charge on any atom is 0.0702 e. The first kappa shape index (κ1) is 15.3. The Hall–Kier alpha value is -1.06. The van der Waals surface area contributed by atoms with Crippen molar-refractivity contribution in [1.29, 1.82) is 0 Å². The molecule has 1 fully saturated rings. The van der Waals surface area contributed by atoms with Crippen LogP contribution in [0.15, 0.2) is 24.3 Å². The number of hydrogen-bond acceptors (Lipinski definition) is 3. The Morgan fingerprint density at radius 2 is 2.10 bits per heavy atom. The largest absolute Gasteiger partial charge is 0.399 e. The molecule has 1 aromatic carbocycles. The van der Waals surface area contributed by atoms with E-state index in [4.69, 9.17) is 10.5 Å². The van der Waals surface area contributed by atoms with Gasteiger partial charge >= 0.3 is 0 Å². The fourth-order valence-electron chi connectivity index (χ4n) is 2.82. The number of nitrogens with two attached hydrogens (primary N) is 1. The molecule has 0 aromatic heterocycles. The van der Waals surface area contributed by atoms with Crippen LogP contribution in [-0.2, 0) is 4.74 Å². The fraction of sp³-hybridized carbons (Fsp3) is 0.647. The molecule has 3 heteroatoms. The quantitative estimate of drug-likeness (QED) is 0.777. The van der Waals surface area contributed by atoms with Gasteiger partial charge in [0.05, 0.1) is 6.10 Å².